The van der Waals surface area contributed by atoms with Gasteiger partial charge in [0.1, 0.15) is 12.1 Å². The normalized spacial score (nSPS) is 12.6. The number of hydrogen-bond donors (Lipinski definition) is 1. The molecule has 0 bridgehead atoms. The van der Waals surface area contributed by atoms with E-state index in [0.29, 0.717) is 6.54 Å². The van der Waals surface area contributed by atoms with E-state index >= 15 is 0 Å². The number of aromatic nitrogens is 2. The zero-order valence-electron chi connectivity index (χ0n) is 11.2. The van der Waals surface area contributed by atoms with Crippen LogP contribution in [-0.2, 0) is 6.54 Å². The van der Waals surface area contributed by atoms with Gasteiger partial charge in [-0.2, -0.15) is 0 Å². The molecule has 5 heteroatoms. The van der Waals surface area contributed by atoms with Crippen molar-refractivity contribution in [2.45, 2.75) is 6.54 Å². The second-order valence-electron chi connectivity index (χ2n) is 4.74. The van der Waals surface area contributed by atoms with E-state index < -0.39 is 0 Å². The van der Waals surface area contributed by atoms with Gasteiger partial charge in [0.05, 0.1) is 5.52 Å². The molecule has 0 radical (unpaired) electrons. The fourth-order valence-corrected chi connectivity index (χ4v) is 2.45. The molecule has 0 aliphatic carbocycles. The lowest BCUT2D eigenvalue weighted by atomic mass is 10.2. The molecule has 21 heavy (non-hydrogen) atoms. The highest BCUT2D eigenvalue weighted by atomic mass is 16.7. The molecule has 0 saturated heterocycles. The topological polar surface area (TPSA) is 56.3 Å². The van der Waals surface area contributed by atoms with Gasteiger partial charge in [0.25, 0.3) is 0 Å². The summed E-state index contributed by atoms with van der Waals surface area (Å²) in [4.78, 5) is 8.58. The van der Waals surface area contributed by atoms with Gasteiger partial charge < -0.3 is 14.8 Å². The van der Waals surface area contributed by atoms with Gasteiger partial charge in [-0.3, -0.25) is 0 Å². The predicted molar refractivity (Wildman–Crippen MR) is 79.4 cm³/mol. The van der Waals surface area contributed by atoms with Crippen LogP contribution in [0.2, 0.25) is 0 Å². The minimum Gasteiger partial charge on any atom is -0.454 e. The third-order valence-corrected chi connectivity index (χ3v) is 3.47. The molecule has 1 aliphatic rings. The molecule has 0 saturated carbocycles. The molecule has 2 heterocycles. The summed E-state index contributed by atoms with van der Waals surface area (Å²) in [6.07, 6.45) is 1.57. The number of fused-ring (bicyclic) bond motifs is 2. The molecule has 1 aromatic heterocycles. The second kappa shape index (κ2) is 4.94. The van der Waals surface area contributed by atoms with Crippen LogP contribution < -0.4 is 14.8 Å². The monoisotopic (exact) mass is 279 g/mol. The highest BCUT2D eigenvalue weighted by molar-refractivity contribution is 5.88. The van der Waals surface area contributed by atoms with E-state index in [1.165, 1.54) is 0 Å². The van der Waals surface area contributed by atoms with Crippen molar-refractivity contribution in [3.63, 3.8) is 0 Å². The quantitative estimate of drug-likeness (QED) is 0.798. The Bertz CT molecular complexity index is 799. The van der Waals surface area contributed by atoms with Gasteiger partial charge in [0.2, 0.25) is 6.79 Å². The van der Waals surface area contributed by atoms with Crippen molar-refractivity contribution in [1.82, 2.24) is 9.97 Å². The van der Waals surface area contributed by atoms with E-state index in [1.807, 2.05) is 42.5 Å². The first kappa shape index (κ1) is 12.0. The lowest BCUT2D eigenvalue weighted by Gasteiger charge is -2.10. The summed E-state index contributed by atoms with van der Waals surface area (Å²) in [5.74, 6) is 2.42. The smallest absolute Gasteiger partial charge is 0.231 e. The highest BCUT2D eigenvalue weighted by Gasteiger charge is 2.17. The first-order valence-electron chi connectivity index (χ1n) is 6.73. The first-order valence-corrected chi connectivity index (χ1v) is 6.73. The van der Waals surface area contributed by atoms with Gasteiger partial charge in [0.15, 0.2) is 11.5 Å². The lowest BCUT2D eigenvalue weighted by Crippen LogP contribution is -2.03. The van der Waals surface area contributed by atoms with Crippen molar-refractivity contribution in [2.24, 2.45) is 0 Å². The van der Waals surface area contributed by atoms with E-state index in [0.717, 1.165) is 33.8 Å². The maximum absolute atomic E-state index is 5.51. The third-order valence-electron chi connectivity index (χ3n) is 3.47. The van der Waals surface area contributed by atoms with E-state index in [2.05, 4.69) is 15.3 Å². The van der Waals surface area contributed by atoms with Crippen LogP contribution in [-0.4, -0.2) is 16.8 Å². The van der Waals surface area contributed by atoms with Crippen molar-refractivity contribution in [1.29, 1.82) is 0 Å². The Balaban J connectivity index is 1.63. The van der Waals surface area contributed by atoms with E-state index in [1.54, 1.807) is 6.33 Å². The number of anilines is 1. The summed E-state index contributed by atoms with van der Waals surface area (Å²) in [7, 11) is 0. The van der Waals surface area contributed by atoms with Crippen LogP contribution in [0.4, 0.5) is 5.82 Å². The number of hydrogen-bond acceptors (Lipinski definition) is 5. The molecule has 0 spiro atoms. The molecular formula is C16H13N3O2. The van der Waals surface area contributed by atoms with Crippen LogP contribution >= 0.6 is 0 Å². The molecule has 0 amide bonds. The van der Waals surface area contributed by atoms with Crippen LogP contribution in [0.3, 0.4) is 0 Å². The van der Waals surface area contributed by atoms with Gasteiger partial charge in [-0.1, -0.05) is 24.3 Å². The minimum atomic E-state index is 0.281. The van der Waals surface area contributed by atoms with E-state index in [9.17, 15) is 0 Å². The summed E-state index contributed by atoms with van der Waals surface area (Å²) in [6, 6.07) is 13.8. The maximum Gasteiger partial charge on any atom is 0.231 e. The standard InChI is InChI=1S/C16H13N3O2/c1-2-6-13-12(5-1)16(19-9-18-13)17-8-11-4-3-7-14-15(11)21-10-20-14/h1-7,9H,8,10H2,(H,17,18,19). The van der Waals surface area contributed by atoms with Gasteiger partial charge in [-0.25, -0.2) is 9.97 Å². The fraction of sp³-hybridized carbons (Fsp3) is 0.125. The highest BCUT2D eigenvalue weighted by Crippen LogP contribution is 2.35. The third kappa shape index (κ3) is 2.12. The molecular weight excluding hydrogens is 266 g/mol. The Hall–Kier alpha value is -2.82. The second-order valence-corrected chi connectivity index (χ2v) is 4.74. The average molecular weight is 279 g/mol. The number of para-hydroxylation sites is 2. The zero-order chi connectivity index (χ0) is 14.1. The summed E-state index contributed by atoms with van der Waals surface area (Å²) in [5, 5.41) is 4.35. The Morgan fingerprint density at radius 2 is 1.95 bits per heavy atom. The summed E-state index contributed by atoms with van der Waals surface area (Å²) < 4.78 is 10.9. The van der Waals surface area contributed by atoms with Crippen LogP contribution in [0.5, 0.6) is 11.5 Å². The number of rotatable bonds is 3. The maximum atomic E-state index is 5.51. The van der Waals surface area contributed by atoms with Gasteiger partial charge >= 0.3 is 0 Å². The van der Waals surface area contributed by atoms with Crippen molar-refractivity contribution >= 4 is 16.7 Å². The Morgan fingerprint density at radius 1 is 1.00 bits per heavy atom. The Kier molecular flexibility index (Phi) is 2.81. The van der Waals surface area contributed by atoms with Gasteiger partial charge in [-0.15, -0.1) is 0 Å². The molecule has 5 nitrogen and oxygen atoms in total. The molecule has 2 aromatic carbocycles. The molecule has 0 unspecified atom stereocenters. The average Bonchev–Trinajstić information content (AvgIpc) is 3.02. The molecule has 0 fully saturated rings. The van der Waals surface area contributed by atoms with Crippen LogP contribution in [0.1, 0.15) is 5.56 Å². The van der Waals surface area contributed by atoms with Gasteiger partial charge in [-0.05, 0) is 18.2 Å². The van der Waals surface area contributed by atoms with Crippen molar-refractivity contribution < 1.29 is 9.47 Å². The first-order chi connectivity index (χ1) is 10.4. The van der Waals surface area contributed by atoms with Crippen molar-refractivity contribution in [3.8, 4) is 11.5 Å². The Labute approximate surface area is 121 Å². The van der Waals surface area contributed by atoms with E-state index in [-0.39, 0.29) is 6.79 Å². The number of ether oxygens (including phenoxy) is 2. The molecule has 1 aliphatic heterocycles. The summed E-state index contributed by atoms with van der Waals surface area (Å²) >= 11 is 0. The fourth-order valence-electron chi connectivity index (χ4n) is 2.45. The zero-order valence-corrected chi connectivity index (χ0v) is 11.2. The molecule has 104 valence electrons. The molecule has 3 aromatic rings. The SMILES string of the molecule is c1cc(CNc2ncnc3ccccc23)c2c(c1)OCO2. The molecule has 4 rings (SSSR count). The Morgan fingerprint density at radius 3 is 2.95 bits per heavy atom. The summed E-state index contributed by atoms with van der Waals surface area (Å²) in [5.41, 5.74) is 1.97. The number of nitrogens with zero attached hydrogens (tertiary/aromatic N) is 2. The summed E-state index contributed by atoms with van der Waals surface area (Å²) in [6.45, 7) is 0.899. The number of nitrogens with one attached hydrogen (secondary N) is 1. The molecule has 0 atom stereocenters. The minimum absolute atomic E-state index is 0.281. The van der Waals surface area contributed by atoms with Crippen LogP contribution in [0.25, 0.3) is 10.9 Å². The van der Waals surface area contributed by atoms with Crippen LogP contribution in [0.15, 0.2) is 48.8 Å². The predicted octanol–water partition coefficient (Wildman–Crippen LogP) is 2.97. The van der Waals surface area contributed by atoms with Crippen molar-refractivity contribution in [2.75, 3.05) is 12.1 Å². The largest absolute Gasteiger partial charge is 0.454 e. The van der Waals surface area contributed by atoms with Crippen LogP contribution in [0, 0.1) is 0 Å². The van der Waals surface area contributed by atoms with Crippen molar-refractivity contribution in [3.05, 3.63) is 54.4 Å². The van der Waals surface area contributed by atoms with E-state index in [4.69, 9.17) is 9.47 Å². The number of benzene rings is 2. The van der Waals surface area contributed by atoms with Gasteiger partial charge in [0, 0.05) is 17.5 Å². The molecule has 1 N–H and O–H groups in total. The lowest BCUT2D eigenvalue weighted by molar-refractivity contribution is 0.173.